The summed E-state index contributed by atoms with van der Waals surface area (Å²) in [6.45, 7) is 11.1. The Morgan fingerprint density at radius 2 is 1.26 bits per heavy atom. The number of aromatic hydroxyl groups is 1. The van der Waals surface area contributed by atoms with Crippen molar-refractivity contribution in [2.24, 2.45) is 5.41 Å². The molecule has 0 aliphatic carbocycles. The second-order valence-electron chi connectivity index (χ2n) is 11.8. The number of benzene rings is 1. The summed E-state index contributed by atoms with van der Waals surface area (Å²) >= 11 is 0. The van der Waals surface area contributed by atoms with E-state index in [0.717, 1.165) is 30.4 Å². The lowest BCUT2D eigenvalue weighted by atomic mass is 9.81. The van der Waals surface area contributed by atoms with Crippen LogP contribution in [-0.4, -0.2) is 17.7 Å². The molecule has 0 aromatic heterocycles. The number of phenolic OH excluding ortho intramolecular Hbond substituents is 1. The van der Waals surface area contributed by atoms with Crippen LogP contribution in [0.25, 0.3) is 0 Å². The minimum atomic E-state index is -0.282. The highest BCUT2D eigenvalue weighted by atomic mass is 16.5. The lowest BCUT2D eigenvalue weighted by molar-refractivity contribution is -0.146. The highest BCUT2D eigenvalue weighted by Gasteiger charge is 2.28. The topological polar surface area (TPSA) is 46.5 Å². The molecule has 1 atom stereocenters. The maximum Gasteiger partial charge on any atom is 0.313 e. The van der Waals surface area contributed by atoms with E-state index in [2.05, 4.69) is 27.7 Å². The Bertz CT molecular complexity index is 674. The van der Waals surface area contributed by atoms with Crippen molar-refractivity contribution in [3.05, 3.63) is 29.3 Å². The van der Waals surface area contributed by atoms with E-state index in [1.807, 2.05) is 19.1 Å². The van der Waals surface area contributed by atoms with Crippen LogP contribution < -0.4 is 0 Å². The largest absolute Gasteiger partial charge is 0.508 e. The van der Waals surface area contributed by atoms with E-state index in [9.17, 15) is 9.90 Å². The monoisotopic (exact) mass is 488 g/mol. The van der Waals surface area contributed by atoms with Crippen LogP contribution in [0.2, 0.25) is 0 Å². The zero-order valence-electron chi connectivity index (χ0n) is 23.8. The number of rotatable bonds is 20. The number of aryl methyl sites for hydroxylation is 1. The zero-order chi connectivity index (χ0) is 25.9. The molecule has 1 aromatic rings. The van der Waals surface area contributed by atoms with E-state index in [4.69, 9.17) is 4.74 Å². The smallest absolute Gasteiger partial charge is 0.313 e. The number of carbonyl (C=O) groups is 1. The fourth-order valence-corrected chi connectivity index (χ4v) is 4.77. The molecule has 35 heavy (non-hydrogen) atoms. The van der Waals surface area contributed by atoms with Crippen molar-refractivity contribution < 1.29 is 14.6 Å². The van der Waals surface area contributed by atoms with Gasteiger partial charge in [0.2, 0.25) is 0 Å². The lowest BCUT2D eigenvalue weighted by Crippen LogP contribution is -2.22. The molecule has 0 aliphatic heterocycles. The number of hydrogen-bond acceptors (Lipinski definition) is 3. The number of ether oxygens (including phenoxy) is 1. The van der Waals surface area contributed by atoms with Crippen molar-refractivity contribution in [2.45, 2.75) is 150 Å². The molecule has 0 fully saturated rings. The molecule has 0 radical (unpaired) electrons. The molecule has 0 aliphatic rings. The van der Waals surface area contributed by atoms with Gasteiger partial charge in [0.25, 0.3) is 0 Å². The average Bonchev–Trinajstić information content (AvgIpc) is 2.80. The summed E-state index contributed by atoms with van der Waals surface area (Å²) in [5.41, 5.74) is 1.75. The fraction of sp³-hybridized carbons (Fsp3) is 0.781. The zero-order valence-corrected chi connectivity index (χ0v) is 23.8. The van der Waals surface area contributed by atoms with Gasteiger partial charge in [0.05, 0.1) is 12.5 Å². The third kappa shape index (κ3) is 16.0. The number of hydrogen-bond donors (Lipinski definition) is 1. The Hall–Kier alpha value is -1.51. The minimum absolute atomic E-state index is 0.0176. The maximum atomic E-state index is 12.9. The summed E-state index contributed by atoms with van der Waals surface area (Å²) in [5.74, 6) is -0.147. The van der Waals surface area contributed by atoms with Gasteiger partial charge in [0.15, 0.2) is 0 Å². The molecule has 202 valence electrons. The van der Waals surface area contributed by atoms with E-state index < -0.39 is 0 Å². The Morgan fingerprint density at radius 3 is 1.69 bits per heavy atom. The van der Waals surface area contributed by atoms with E-state index in [0.29, 0.717) is 6.61 Å². The van der Waals surface area contributed by atoms with Gasteiger partial charge in [-0.1, -0.05) is 136 Å². The normalized spacial score (nSPS) is 12.6. The molecular formula is C32H56O3. The van der Waals surface area contributed by atoms with Crippen molar-refractivity contribution >= 4 is 5.97 Å². The molecule has 1 rings (SSSR count). The highest BCUT2D eigenvalue weighted by molar-refractivity contribution is 5.78. The van der Waals surface area contributed by atoms with E-state index in [1.165, 1.54) is 89.9 Å². The fourth-order valence-electron chi connectivity index (χ4n) is 4.77. The van der Waals surface area contributed by atoms with Gasteiger partial charge >= 0.3 is 5.97 Å². The molecule has 0 amide bonds. The number of carbonyl (C=O) groups excluding carboxylic acids is 1. The summed E-state index contributed by atoms with van der Waals surface area (Å²) in [6, 6.07) is 5.46. The summed E-state index contributed by atoms with van der Waals surface area (Å²) in [4.78, 5) is 12.9. The first-order valence-electron chi connectivity index (χ1n) is 14.7. The molecule has 1 N–H and O–H groups in total. The first-order chi connectivity index (χ1) is 16.7. The predicted octanol–water partition coefficient (Wildman–Crippen LogP) is 10.0. The average molecular weight is 489 g/mol. The van der Waals surface area contributed by atoms with E-state index in [1.54, 1.807) is 6.07 Å². The minimum Gasteiger partial charge on any atom is -0.508 e. The molecule has 0 spiro atoms. The van der Waals surface area contributed by atoms with Crippen LogP contribution in [0.4, 0.5) is 0 Å². The molecule has 3 heteroatoms. The maximum absolute atomic E-state index is 12.9. The predicted molar refractivity (Wildman–Crippen MR) is 150 cm³/mol. The van der Waals surface area contributed by atoms with E-state index in [-0.39, 0.29) is 23.1 Å². The van der Waals surface area contributed by atoms with Gasteiger partial charge in [-0.05, 0) is 42.4 Å². The Labute approximate surface area is 217 Å². The summed E-state index contributed by atoms with van der Waals surface area (Å²) in [6.07, 6.45) is 22.1. The lowest BCUT2D eigenvalue weighted by Gasteiger charge is -2.25. The van der Waals surface area contributed by atoms with Crippen molar-refractivity contribution in [1.29, 1.82) is 0 Å². The Morgan fingerprint density at radius 1 is 0.800 bits per heavy atom. The van der Waals surface area contributed by atoms with Gasteiger partial charge in [-0.3, -0.25) is 4.79 Å². The van der Waals surface area contributed by atoms with Crippen LogP contribution in [0.15, 0.2) is 18.2 Å². The number of unbranched alkanes of at least 4 members (excludes halogenated alkanes) is 15. The molecular weight excluding hydrogens is 432 g/mol. The van der Waals surface area contributed by atoms with Crippen molar-refractivity contribution in [2.75, 3.05) is 6.61 Å². The number of esters is 1. The van der Waals surface area contributed by atoms with Gasteiger partial charge in [-0.15, -0.1) is 0 Å². The summed E-state index contributed by atoms with van der Waals surface area (Å²) < 4.78 is 5.69. The Balaban J connectivity index is 2.11. The molecule has 1 aromatic carbocycles. The SMILES string of the molecule is CCCCCCCCCCCCCCCCCCOC(=O)C(CC(C)(C)C)c1ccc(O)c(C)c1. The molecule has 0 saturated heterocycles. The summed E-state index contributed by atoms with van der Waals surface area (Å²) in [7, 11) is 0. The molecule has 0 heterocycles. The van der Waals surface area contributed by atoms with Gasteiger partial charge < -0.3 is 9.84 Å². The Kier molecular flexibility index (Phi) is 16.9. The van der Waals surface area contributed by atoms with Crippen LogP contribution in [0, 0.1) is 12.3 Å². The second-order valence-corrected chi connectivity index (χ2v) is 11.8. The highest BCUT2D eigenvalue weighted by Crippen LogP contribution is 2.34. The third-order valence-electron chi connectivity index (χ3n) is 6.97. The quantitative estimate of drug-likeness (QED) is 0.147. The third-order valence-corrected chi connectivity index (χ3v) is 6.97. The standard InChI is InChI=1S/C32H56O3/c1-6-7-8-9-10-11-12-13-14-15-16-17-18-19-20-21-24-35-31(34)29(26-32(3,4)5)28-22-23-30(33)27(2)25-28/h22-23,25,29,33H,6-21,24,26H2,1-5H3. The number of phenols is 1. The van der Waals surface area contributed by atoms with Crippen LogP contribution >= 0.6 is 0 Å². The van der Waals surface area contributed by atoms with Gasteiger partial charge in [-0.25, -0.2) is 0 Å². The van der Waals surface area contributed by atoms with Gasteiger partial charge in [-0.2, -0.15) is 0 Å². The van der Waals surface area contributed by atoms with Crippen LogP contribution in [0.5, 0.6) is 5.75 Å². The molecule has 3 nitrogen and oxygen atoms in total. The van der Waals surface area contributed by atoms with Gasteiger partial charge in [0, 0.05) is 0 Å². The second kappa shape index (κ2) is 18.7. The summed E-state index contributed by atoms with van der Waals surface area (Å²) in [5, 5.41) is 9.85. The van der Waals surface area contributed by atoms with Crippen LogP contribution in [0.1, 0.15) is 154 Å². The van der Waals surface area contributed by atoms with Crippen molar-refractivity contribution in [1.82, 2.24) is 0 Å². The first-order valence-corrected chi connectivity index (χ1v) is 14.7. The van der Waals surface area contributed by atoms with E-state index >= 15 is 0 Å². The van der Waals surface area contributed by atoms with Crippen LogP contribution in [-0.2, 0) is 9.53 Å². The van der Waals surface area contributed by atoms with Crippen LogP contribution in [0.3, 0.4) is 0 Å². The van der Waals surface area contributed by atoms with Gasteiger partial charge in [0.1, 0.15) is 5.75 Å². The molecule has 1 unspecified atom stereocenters. The van der Waals surface area contributed by atoms with Crippen molar-refractivity contribution in [3.8, 4) is 5.75 Å². The van der Waals surface area contributed by atoms with Crippen molar-refractivity contribution in [3.63, 3.8) is 0 Å². The first kappa shape index (κ1) is 31.5. The molecule has 0 bridgehead atoms. The molecule has 0 saturated carbocycles.